The fourth-order valence-corrected chi connectivity index (χ4v) is 58.7. The van der Waals surface area contributed by atoms with Crippen molar-refractivity contribution in [1.82, 2.24) is 0 Å². The van der Waals surface area contributed by atoms with Gasteiger partial charge in [-0.05, 0) is 174 Å². The van der Waals surface area contributed by atoms with Crippen LogP contribution in [-0.4, -0.2) is 85.1 Å². The topological polar surface area (TPSA) is 83.1 Å². The van der Waals surface area contributed by atoms with Crippen LogP contribution in [0.5, 0.6) is 0 Å². The van der Waals surface area contributed by atoms with E-state index < -0.39 is 85.1 Å². The number of hydrogen-bond acceptors (Lipinski definition) is 9. The Labute approximate surface area is 313 Å². The molecule has 0 spiro atoms. The summed E-state index contributed by atoms with van der Waals surface area (Å²) in [6, 6.07) is 1.18. The fourth-order valence-electron chi connectivity index (χ4n) is 8.52. The molecule has 0 aromatic heterocycles. The van der Waals surface area contributed by atoms with Gasteiger partial charge in [-0.25, -0.2) is 0 Å². The maximum absolute atomic E-state index is 6.93. The Bertz CT molecular complexity index is 1140. The Morgan fingerprint density at radius 1 is 0.388 bits per heavy atom. The third-order valence-corrected chi connectivity index (χ3v) is 45.7. The predicted molar refractivity (Wildman–Crippen MR) is 229 cm³/mol. The molecule has 0 aromatic carbocycles. The first-order valence-electron chi connectivity index (χ1n) is 18.4. The maximum Gasteiger partial charge on any atom is 0.314 e. The summed E-state index contributed by atoms with van der Waals surface area (Å²) in [7, 11) is -24.1. The van der Waals surface area contributed by atoms with Crippen LogP contribution in [-0.2, 0) is 37.0 Å². The van der Waals surface area contributed by atoms with Crippen molar-refractivity contribution >= 4 is 85.1 Å². The van der Waals surface area contributed by atoms with Crippen LogP contribution in [0.1, 0.15) is 19.3 Å². The fraction of sp³-hybridized carbons (Fsp3) is 0.933. The van der Waals surface area contributed by atoms with Crippen molar-refractivity contribution in [2.75, 3.05) is 0 Å². The molecule has 0 saturated heterocycles. The van der Waals surface area contributed by atoms with E-state index in [2.05, 4.69) is 150 Å². The lowest BCUT2D eigenvalue weighted by molar-refractivity contribution is 0.257. The third kappa shape index (κ3) is 18.2. The molecule has 290 valence electrons. The standard InChI is InChI=1S/C30H76O9Si10/c1-40(2,3)31-42(6,7)33-44(10,11)35-46(14,15)37-48(18,19)39-49(20,21)38-47(16,17)36-45(12,13)34-43(8,9)32-41(4,5)25-24-30-27-28-22-23-29(30)26-28/h22-23,28-30H,24-27H2,1-21H3. The molecule has 19 heteroatoms. The molecule has 0 aromatic rings. The summed E-state index contributed by atoms with van der Waals surface area (Å²) >= 11 is 0. The Balaban J connectivity index is 1.96. The van der Waals surface area contributed by atoms with Crippen molar-refractivity contribution in [1.29, 1.82) is 0 Å². The van der Waals surface area contributed by atoms with Crippen molar-refractivity contribution in [3.8, 4) is 0 Å². The highest BCUT2D eigenvalue weighted by molar-refractivity contribution is 6.93. The van der Waals surface area contributed by atoms with E-state index in [0.29, 0.717) is 0 Å². The lowest BCUT2D eigenvalue weighted by atomic mass is 9.91. The minimum absolute atomic E-state index is 0.795. The minimum Gasteiger partial charge on any atom is -0.437 e. The van der Waals surface area contributed by atoms with E-state index in [1.165, 1.54) is 25.3 Å². The van der Waals surface area contributed by atoms with Crippen molar-refractivity contribution in [3.05, 3.63) is 12.2 Å². The molecule has 1 fully saturated rings. The van der Waals surface area contributed by atoms with E-state index in [1.807, 2.05) is 0 Å². The summed E-state index contributed by atoms with van der Waals surface area (Å²) in [5, 5.41) is 0. The summed E-state index contributed by atoms with van der Waals surface area (Å²) in [5.41, 5.74) is 0. The molecule has 1 saturated carbocycles. The summed E-state index contributed by atoms with van der Waals surface area (Å²) in [4.78, 5) is 0. The zero-order valence-corrected chi connectivity index (χ0v) is 45.4. The highest BCUT2D eigenvalue weighted by Crippen LogP contribution is 2.46. The number of fused-ring (bicyclic) bond motifs is 2. The molecule has 2 bridgehead atoms. The van der Waals surface area contributed by atoms with Crippen LogP contribution in [0.3, 0.4) is 0 Å². The Morgan fingerprint density at radius 3 is 0.959 bits per heavy atom. The van der Waals surface area contributed by atoms with Crippen LogP contribution in [0.4, 0.5) is 0 Å². The summed E-state index contributed by atoms with van der Waals surface area (Å²) < 4.78 is 60.8. The lowest BCUT2D eigenvalue weighted by Gasteiger charge is -2.44. The Hall–Kier alpha value is 1.55. The predicted octanol–water partition coefficient (Wildman–Crippen LogP) is 10.4. The van der Waals surface area contributed by atoms with Gasteiger partial charge in [0.1, 0.15) is 0 Å². The zero-order chi connectivity index (χ0) is 38.3. The zero-order valence-electron chi connectivity index (χ0n) is 35.4. The Morgan fingerprint density at radius 2 is 0.694 bits per heavy atom. The van der Waals surface area contributed by atoms with E-state index in [1.54, 1.807) is 0 Å². The smallest absolute Gasteiger partial charge is 0.314 e. The highest BCUT2D eigenvalue weighted by atomic mass is 28.5. The van der Waals surface area contributed by atoms with Gasteiger partial charge in [0, 0.05) is 0 Å². The minimum atomic E-state index is -2.66. The molecule has 3 atom stereocenters. The second kappa shape index (κ2) is 16.0. The molecule has 0 amide bonds. The monoisotopic (exact) mass is 860 g/mol. The molecule has 2 aliphatic carbocycles. The van der Waals surface area contributed by atoms with Gasteiger partial charge < -0.3 is 37.0 Å². The van der Waals surface area contributed by atoms with E-state index in [-0.39, 0.29) is 0 Å². The highest BCUT2D eigenvalue weighted by Gasteiger charge is 2.50. The van der Waals surface area contributed by atoms with Crippen LogP contribution in [0.25, 0.3) is 0 Å². The van der Waals surface area contributed by atoms with Gasteiger partial charge in [0.05, 0.1) is 0 Å². The second-order valence-electron chi connectivity index (χ2n) is 19.6. The first-order valence-corrected chi connectivity index (χ1v) is 47.5. The van der Waals surface area contributed by atoms with E-state index in [9.17, 15) is 0 Å². The van der Waals surface area contributed by atoms with Crippen molar-refractivity contribution in [3.63, 3.8) is 0 Å². The van der Waals surface area contributed by atoms with Crippen LogP contribution < -0.4 is 0 Å². The van der Waals surface area contributed by atoms with Gasteiger partial charge in [-0.2, -0.15) is 0 Å². The lowest BCUT2D eigenvalue weighted by Crippen LogP contribution is -2.62. The molecule has 9 nitrogen and oxygen atoms in total. The van der Waals surface area contributed by atoms with E-state index in [4.69, 9.17) is 37.0 Å². The average Bonchev–Trinajstić information content (AvgIpc) is 3.31. The molecule has 0 aliphatic heterocycles. The van der Waals surface area contributed by atoms with E-state index in [0.717, 1.165) is 17.8 Å². The van der Waals surface area contributed by atoms with Gasteiger partial charge in [-0.3, -0.25) is 0 Å². The third-order valence-electron chi connectivity index (χ3n) is 8.05. The molecule has 0 radical (unpaired) electrons. The van der Waals surface area contributed by atoms with Crippen LogP contribution in [0.2, 0.25) is 144 Å². The summed E-state index contributed by atoms with van der Waals surface area (Å²) in [5.74, 6) is 2.45. The van der Waals surface area contributed by atoms with Crippen LogP contribution in [0.15, 0.2) is 12.2 Å². The first kappa shape index (κ1) is 46.7. The van der Waals surface area contributed by atoms with E-state index >= 15 is 0 Å². The largest absolute Gasteiger partial charge is 0.437 e. The summed E-state index contributed by atoms with van der Waals surface area (Å²) in [6.45, 7) is 45.2. The van der Waals surface area contributed by atoms with Gasteiger partial charge in [-0.15, -0.1) is 0 Å². The molecule has 0 heterocycles. The van der Waals surface area contributed by atoms with Gasteiger partial charge >= 0.3 is 68.5 Å². The molecular weight excluding hydrogens is 785 g/mol. The molecule has 0 N–H and O–H groups in total. The van der Waals surface area contributed by atoms with Crippen molar-refractivity contribution in [2.24, 2.45) is 17.8 Å². The number of hydrogen-bond donors (Lipinski definition) is 0. The molecule has 3 unspecified atom stereocenters. The molecule has 2 aliphatic rings. The number of rotatable bonds is 21. The van der Waals surface area contributed by atoms with Gasteiger partial charge in [0.15, 0.2) is 16.6 Å². The van der Waals surface area contributed by atoms with Gasteiger partial charge in [0.25, 0.3) is 0 Å². The normalized spacial score (nSPS) is 22.0. The van der Waals surface area contributed by atoms with Gasteiger partial charge in [-0.1, -0.05) is 18.6 Å². The molecule has 49 heavy (non-hydrogen) atoms. The Kier molecular flexibility index (Phi) is 15.2. The average molecular weight is 862 g/mol. The quantitative estimate of drug-likeness (QED) is 0.0828. The van der Waals surface area contributed by atoms with Crippen molar-refractivity contribution < 1.29 is 37.0 Å². The second-order valence-corrected chi connectivity index (χ2v) is 57.6. The van der Waals surface area contributed by atoms with Crippen LogP contribution >= 0.6 is 0 Å². The van der Waals surface area contributed by atoms with Crippen LogP contribution in [0, 0.1) is 17.8 Å². The first-order chi connectivity index (χ1) is 21.4. The summed E-state index contributed by atoms with van der Waals surface area (Å²) in [6.07, 6.45) is 8.90. The van der Waals surface area contributed by atoms with Gasteiger partial charge in [0.2, 0.25) is 0 Å². The maximum atomic E-state index is 6.93. The van der Waals surface area contributed by atoms with Crippen molar-refractivity contribution in [2.45, 2.75) is 163 Å². The molecule has 2 rings (SSSR count). The number of allylic oxidation sites excluding steroid dienone is 2. The SMILES string of the molecule is C[Si](C)(C)O[Si](C)(C)O[Si](C)(C)O[Si](C)(C)O[Si](C)(C)O[Si](C)(C)O[Si](C)(C)O[Si](C)(C)O[Si](C)(C)O[Si](C)(C)CCC1CC2C=CC1C2. The molecular formula is C30H76O9Si10.